The van der Waals surface area contributed by atoms with Gasteiger partial charge in [0.1, 0.15) is 5.82 Å². The lowest BCUT2D eigenvalue weighted by molar-refractivity contribution is 0.0242. The van der Waals surface area contributed by atoms with Crippen molar-refractivity contribution in [3.05, 3.63) is 47.5 Å². The summed E-state index contributed by atoms with van der Waals surface area (Å²) in [6.45, 7) is 6.83. The van der Waals surface area contributed by atoms with Gasteiger partial charge in [-0.1, -0.05) is 30.3 Å². The van der Waals surface area contributed by atoms with E-state index >= 15 is 0 Å². The molecule has 2 heterocycles. The Kier molecular flexibility index (Phi) is 8.03. The summed E-state index contributed by atoms with van der Waals surface area (Å²) in [4.78, 5) is 4.72. The van der Waals surface area contributed by atoms with E-state index in [0.717, 1.165) is 43.6 Å². The first-order valence-electron chi connectivity index (χ1n) is 9.11. The molecular formula is C19H29IN6O. The van der Waals surface area contributed by atoms with Gasteiger partial charge in [-0.3, -0.25) is 0 Å². The van der Waals surface area contributed by atoms with Gasteiger partial charge in [0, 0.05) is 20.2 Å². The van der Waals surface area contributed by atoms with Crippen LogP contribution in [0.1, 0.15) is 37.0 Å². The van der Waals surface area contributed by atoms with Crippen molar-refractivity contribution in [1.82, 2.24) is 25.4 Å². The average Bonchev–Trinajstić information content (AvgIpc) is 3.22. The van der Waals surface area contributed by atoms with Crippen molar-refractivity contribution in [3.8, 4) is 0 Å². The molecule has 2 N–H and O–H groups in total. The van der Waals surface area contributed by atoms with Gasteiger partial charge in [-0.05, 0) is 32.3 Å². The van der Waals surface area contributed by atoms with Crippen LogP contribution in [-0.2, 0) is 24.9 Å². The van der Waals surface area contributed by atoms with Crippen LogP contribution in [0.15, 0.2) is 35.3 Å². The quantitative estimate of drug-likeness (QED) is 0.375. The van der Waals surface area contributed by atoms with Crippen LogP contribution in [0.2, 0.25) is 0 Å². The van der Waals surface area contributed by atoms with E-state index in [0.29, 0.717) is 13.1 Å². The first kappa shape index (κ1) is 21.6. The number of benzene rings is 1. The number of nitrogens with zero attached hydrogens (tertiary/aromatic N) is 4. The number of rotatable bonds is 6. The van der Waals surface area contributed by atoms with Crippen molar-refractivity contribution in [1.29, 1.82) is 0 Å². The van der Waals surface area contributed by atoms with E-state index in [9.17, 15) is 0 Å². The van der Waals surface area contributed by atoms with Crippen LogP contribution in [0.25, 0.3) is 0 Å². The molecule has 1 aromatic heterocycles. The molecule has 0 radical (unpaired) electrons. The zero-order chi connectivity index (χ0) is 18.4. The van der Waals surface area contributed by atoms with Crippen LogP contribution in [0.5, 0.6) is 0 Å². The number of hydrogen-bond donors (Lipinski definition) is 2. The van der Waals surface area contributed by atoms with Crippen molar-refractivity contribution in [3.63, 3.8) is 0 Å². The summed E-state index contributed by atoms with van der Waals surface area (Å²) < 4.78 is 7.84. The highest BCUT2D eigenvalue weighted by Crippen LogP contribution is 2.23. The molecule has 0 aliphatic carbocycles. The molecule has 27 heavy (non-hydrogen) atoms. The van der Waals surface area contributed by atoms with Crippen molar-refractivity contribution in [2.45, 2.75) is 45.4 Å². The van der Waals surface area contributed by atoms with E-state index in [1.165, 1.54) is 5.56 Å². The molecule has 1 unspecified atom stereocenters. The van der Waals surface area contributed by atoms with E-state index in [2.05, 4.69) is 39.9 Å². The van der Waals surface area contributed by atoms with Gasteiger partial charge in [0.25, 0.3) is 0 Å². The number of aliphatic imine (C=N–C) groups is 1. The molecule has 8 heteroatoms. The average molecular weight is 484 g/mol. The van der Waals surface area contributed by atoms with Crippen molar-refractivity contribution < 1.29 is 4.74 Å². The molecule has 0 bridgehead atoms. The maximum Gasteiger partial charge on any atom is 0.192 e. The summed E-state index contributed by atoms with van der Waals surface area (Å²) in [5.41, 5.74) is 1.04. The zero-order valence-electron chi connectivity index (χ0n) is 16.2. The smallest absolute Gasteiger partial charge is 0.192 e. The fourth-order valence-electron chi connectivity index (χ4n) is 2.94. The highest BCUT2D eigenvalue weighted by atomic mass is 127. The summed E-state index contributed by atoms with van der Waals surface area (Å²) in [5.74, 6) is 2.52. The van der Waals surface area contributed by atoms with Crippen molar-refractivity contribution >= 4 is 29.9 Å². The van der Waals surface area contributed by atoms with Gasteiger partial charge in [0.15, 0.2) is 11.8 Å². The van der Waals surface area contributed by atoms with Gasteiger partial charge in [-0.2, -0.15) is 0 Å². The number of aryl methyl sites for hydroxylation is 1. The molecule has 0 saturated carbocycles. The highest BCUT2D eigenvalue weighted by Gasteiger charge is 2.29. The SMILES string of the molecule is Cc1nnc(CNC(=NCc2ccccc2)NCC2(C)CCCO2)n1C.I. The first-order chi connectivity index (χ1) is 12.6. The second kappa shape index (κ2) is 10.0. The van der Waals surface area contributed by atoms with Gasteiger partial charge < -0.3 is 19.9 Å². The summed E-state index contributed by atoms with van der Waals surface area (Å²) in [5, 5.41) is 15.1. The molecule has 1 saturated heterocycles. The second-order valence-corrected chi connectivity index (χ2v) is 6.98. The van der Waals surface area contributed by atoms with Crippen LogP contribution in [0, 0.1) is 6.92 Å². The highest BCUT2D eigenvalue weighted by molar-refractivity contribution is 14.0. The molecule has 1 atom stereocenters. The Hall–Kier alpha value is -1.68. The molecule has 1 aliphatic rings. The monoisotopic (exact) mass is 484 g/mol. The predicted molar refractivity (Wildman–Crippen MR) is 117 cm³/mol. The summed E-state index contributed by atoms with van der Waals surface area (Å²) in [7, 11) is 1.97. The predicted octanol–water partition coefficient (Wildman–Crippen LogP) is 2.55. The van der Waals surface area contributed by atoms with Crippen molar-refractivity contribution in [2.75, 3.05) is 13.2 Å². The fourth-order valence-corrected chi connectivity index (χ4v) is 2.94. The molecule has 148 valence electrons. The van der Waals surface area contributed by atoms with E-state index < -0.39 is 0 Å². The molecule has 1 aromatic carbocycles. The van der Waals surface area contributed by atoms with E-state index in [4.69, 9.17) is 9.73 Å². The van der Waals surface area contributed by atoms with Gasteiger partial charge >= 0.3 is 0 Å². The van der Waals surface area contributed by atoms with Gasteiger partial charge in [-0.25, -0.2) is 4.99 Å². The van der Waals surface area contributed by atoms with E-state index in [1.807, 2.05) is 36.7 Å². The maximum atomic E-state index is 5.87. The Morgan fingerprint density at radius 3 is 2.67 bits per heavy atom. The minimum atomic E-state index is -0.128. The number of nitrogens with one attached hydrogen (secondary N) is 2. The Morgan fingerprint density at radius 2 is 2.04 bits per heavy atom. The lowest BCUT2D eigenvalue weighted by Gasteiger charge is -2.24. The largest absolute Gasteiger partial charge is 0.373 e. The van der Waals surface area contributed by atoms with Crippen LogP contribution < -0.4 is 10.6 Å². The third-order valence-corrected chi connectivity index (χ3v) is 4.79. The van der Waals surface area contributed by atoms with E-state index in [-0.39, 0.29) is 29.6 Å². The molecule has 2 aromatic rings. The Morgan fingerprint density at radius 1 is 1.26 bits per heavy atom. The van der Waals surface area contributed by atoms with Gasteiger partial charge in [-0.15, -0.1) is 34.2 Å². The summed E-state index contributed by atoms with van der Waals surface area (Å²) in [6.07, 6.45) is 2.18. The van der Waals surface area contributed by atoms with Crippen LogP contribution in [-0.4, -0.2) is 39.5 Å². The molecule has 1 fully saturated rings. The Balaban J connectivity index is 0.00000261. The van der Waals surface area contributed by atoms with Gasteiger partial charge in [0.2, 0.25) is 0 Å². The number of aromatic nitrogens is 3. The third kappa shape index (κ3) is 6.17. The summed E-state index contributed by atoms with van der Waals surface area (Å²) >= 11 is 0. The van der Waals surface area contributed by atoms with Crippen LogP contribution in [0.4, 0.5) is 0 Å². The lowest BCUT2D eigenvalue weighted by atomic mass is 10.0. The zero-order valence-corrected chi connectivity index (χ0v) is 18.6. The molecule has 0 spiro atoms. The number of hydrogen-bond acceptors (Lipinski definition) is 4. The Labute approximate surface area is 178 Å². The first-order valence-corrected chi connectivity index (χ1v) is 9.11. The number of ether oxygens (including phenoxy) is 1. The topological polar surface area (TPSA) is 76.4 Å². The third-order valence-electron chi connectivity index (χ3n) is 4.79. The fraction of sp³-hybridized carbons (Fsp3) is 0.526. The summed E-state index contributed by atoms with van der Waals surface area (Å²) in [6, 6.07) is 10.2. The molecule has 7 nitrogen and oxygen atoms in total. The molecule has 1 aliphatic heterocycles. The van der Waals surface area contributed by atoms with Crippen LogP contribution in [0.3, 0.4) is 0 Å². The number of halogens is 1. The lowest BCUT2D eigenvalue weighted by Crippen LogP contribution is -2.45. The maximum absolute atomic E-state index is 5.87. The van der Waals surface area contributed by atoms with Crippen molar-refractivity contribution in [2.24, 2.45) is 12.0 Å². The Bertz CT molecular complexity index is 740. The second-order valence-electron chi connectivity index (χ2n) is 6.98. The van der Waals surface area contributed by atoms with E-state index in [1.54, 1.807) is 0 Å². The standard InChI is InChI=1S/C19H28N6O.HI/c1-15-23-24-17(25(15)3)13-21-18(20-12-16-8-5-4-6-9-16)22-14-19(2)10-7-11-26-19;/h4-6,8-9H,7,10-14H2,1-3H3,(H2,20,21,22);1H. The van der Waals surface area contributed by atoms with Gasteiger partial charge in [0.05, 0.1) is 18.7 Å². The minimum Gasteiger partial charge on any atom is -0.373 e. The normalized spacial score (nSPS) is 19.6. The molecule has 3 rings (SSSR count). The van der Waals surface area contributed by atoms with Crippen LogP contribution >= 0.6 is 24.0 Å². The molecule has 0 amide bonds. The minimum absolute atomic E-state index is 0. The molecular weight excluding hydrogens is 455 g/mol. The number of guanidine groups is 1.